The number of rotatable bonds is 7. The van der Waals surface area contributed by atoms with E-state index >= 15 is 0 Å². The number of aromatic amines is 1. The van der Waals surface area contributed by atoms with Crippen molar-refractivity contribution in [1.82, 2.24) is 15.2 Å². The molecule has 0 aliphatic heterocycles. The number of hydrogen-bond donors (Lipinski definition) is 2. The third-order valence-electron chi connectivity index (χ3n) is 3.74. The number of carbonyl (C=O) groups excluding carboxylic acids is 1. The summed E-state index contributed by atoms with van der Waals surface area (Å²) >= 11 is 2.86. The van der Waals surface area contributed by atoms with Gasteiger partial charge in [-0.15, -0.1) is 16.4 Å². The van der Waals surface area contributed by atoms with Crippen LogP contribution in [-0.2, 0) is 4.79 Å². The smallest absolute Gasteiger partial charge is 0.234 e. The Labute approximate surface area is 175 Å². The number of amides is 1. The van der Waals surface area contributed by atoms with E-state index in [1.807, 2.05) is 47.8 Å². The van der Waals surface area contributed by atoms with E-state index in [4.69, 9.17) is 0 Å². The van der Waals surface area contributed by atoms with Gasteiger partial charge in [0.15, 0.2) is 5.82 Å². The molecule has 144 valence electrons. The molecule has 2 heterocycles. The van der Waals surface area contributed by atoms with Gasteiger partial charge in [-0.25, -0.2) is 4.98 Å². The molecule has 4 rings (SSSR count). The van der Waals surface area contributed by atoms with Crippen LogP contribution in [0.15, 0.2) is 87.5 Å². The number of thiophene rings is 1. The van der Waals surface area contributed by atoms with Crippen molar-refractivity contribution in [2.24, 2.45) is 10.2 Å². The second kappa shape index (κ2) is 9.26. The number of nitrogens with zero attached hydrogens (tertiary/aromatic N) is 4. The molecule has 0 bridgehead atoms. The molecule has 1 amide bonds. The van der Waals surface area contributed by atoms with E-state index in [1.165, 1.54) is 11.8 Å². The molecule has 9 heteroatoms. The lowest BCUT2D eigenvalue weighted by Gasteiger charge is -2.04. The Morgan fingerprint density at radius 1 is 1.00 bits per heavy atom. The summed E-state index contributed by atoms with van der Waals surface area (Å²) in [4.78, 5) is 17.6. The van der Waals surface area contributed by atoms with Gasteiger partial charge in [-0.2, -0.15) is 10.2 Å². The molecule has 7 nitrogen and oxygen atoms in total. The van der Waals surface area contributed by atoms with Crippen LogP contribution < -0.4 is 5.32 Å². The third-order valence-corrected chi connectivity index (χ3v) is 5.46. The number of nitrogens with one attached hydrogen (secondary N) is 2. The van der Waals surface area contributed by atoms with E-state index in [9.17, 15) is 4.79 Å². The van der Waals surface area contributed by atoms with Gasteiger partial charge in [-0.1, -0.05) is 36.0 Å². The molecule has 0 aliphatic rings. The summed E-state index contributed by atoms with van der Waals surface area (Å²) in [5, 5.41) is 20.8. The minimum absolute atomic E-state index is 0.129. The number of H-pyrrole nitrogens is 1. The number of hydrogen-bond acceptors (Lipinski definition) is 7. The standard InChI is InChI=1S/C20H16N6OS2/c27-18(13-29-20-22-19(25-26-20)17-7-4-12-28-17)21-14-8-10-16(11-9-14)24-23-15-5-2-1-3-6-15/h1-12H,13H2,(H,21,27)(H,22,25,26). The highest BCUT2D eigenvalue weighted by atomic mass is 32.2. The number of aromatic nitrogens is 3. The molecule has 2 aromatic carbocycles. The fourth-order valence-electron chi connectivity index (χ4n) is 2.38. The molecule has 2 aromatic heterocycles. The number of benzene rings is 2. The Balaban J connectivity index is 1.28. The lowest BCUT2D eigenvalue weighted by atomic mass is 10.3. The first-order valence-corrected chi connectivity index (χ1v) is 10.6. The number of thioether (sulfide) groups is 1. The highest BCUT2D eigenvalue weighted by molar-refractivity contribution is 7.99. The minimum Gasteiger partial charge on any atom is -0.325 e. The zero-order valence-electron chi connectivity index (χ0n) is 15.1. The van der Waals surface area contributed by atoms with Gasteiger partial charge < -0.3 is 5.32 Å². The zero-order chi connectivity index (χ0) is 19.9. The van der Waals surface area contributed by atoms with Crippen LogP contribution in [0.25, 0.3) is 10.7 Å². The SMILES string of the molecule is O=C(CSc1n[nH]c(-c2cccs2)n1)Nc1ccc(N=Nc2ccccc2)cc1. The fraction of sp³-hybridized carbons (Fsp3) is 0.0500. The summed E-state index contributed by atoms with van der Waals surface area (Å²) in [5.41, 5.74) is 2.20. The lowest BCUT2D eigenvalue weighted by molar-refractivity contribution is -0.113. The van der Waals surface area contributed by atoms with Crippen molar-refractivity contribution in [2.75, 3.05) is 11.1 Å². The molecule has 0 radical (unpaired) electrons. The highest BCUT2D eigenvalue weighted by Crippen LogP contribution is 2.24. The van der Waals surface area contributed by atoms with Gasteiger partial charge in [0.1, 0.15) is 0 Å². The number of anilines is 1. The minimum atomic E-state index is -0.129. The van der Waals surface area contributed by atoms with Crippen LogP contribution in [0.3, 0.4) is 0 Å². The van der Waals surface area contributed by atoms with Crippen LogP contribution in [0.5, 0.6) is 0 Å². The van der Waals surface area contributed by atoms with Crippen LogP contribution in [0.4, 0.5) is 17.1 Å². The molecule has 0 unspecified atom stereocenters. The Hall–Kier alpha value is -3.30. The maximum Gasteiger partial charge on any atom is 0.234 e. The summed E-state index contributed by atoms with van der Waals surface area (Å²) in [5.74, 6) is 0.802. The molecular weight excluding hydrogens is 404 g/mol. The van der Waals surface area contributed by atoms with E-state index in [-0.39, 0.29) is 11.7 Å². The van der Waals surface area contributed by atoms with Gasteiger partial charge in [0, 0.05) is 5.69 Å². The molecule has 0 saturated heterocycles. The highest BCUT2D eigenvalue weighted by Gasteiger charge is 2.09. The maximum atomic E-state index is 12.2. The quantitative estimate of drug-likeness (QED) is 0.297. The summed E-state index contributed by atoms with van der Waals surface area (Å²) in [6, 6.07) is 20.6. The Morgan fingerprint density at radius 2 is 1.76 bits per heavy atom. The van der Waals surface area contributed by atoms with Crippen molar-refractivity contribution in [3.8, 4) is 10.7 Å². The van der Waals surface area contributed by atoms with Gasteiger partial charge in [-0.05, 0) is 47.8 Å². The van der Waals surface area contributed by atoms with Gasteiger partial charge >= 0.3 is 0 Å². The largest absolute Gasteiger partial charge is 0.325 e. The van der Waals surface area contributed by atoms with E-state index in [2.05, 4.69) is 30.7 Å². The predicted molar refractivity (Wildman–Crippen MR) is 116 cm³/mol. The number of azo groups is 1. The maximum absolute atomic E-state index is 12.2. The molecule has 29 heavy (non-hydrogen) atoms. The Kier molecular flexibility index (Phi) is 6.08. The summed E-state index contributed by atoms with van der Waals surface area (Å²) in [6.07, 6.45) is 0. The predicted octanol–water partition coefficient (Wildman–Crippen LogP) is 5.68. The molecule has 0 saturated carbocycles. The first kappa shape index (κ1) is 19.0. The van der Waals surface area contributed by atoms with Crippen molar-refractivity contribution in [1.29, 1.82) is 0 Å². The second-order valence-electron chi connectivity index (χ2n) is 5.86. The van der Waals surface area contributed by atoms with Gasteiger partial charge in [0.25, 0.3) is 0 Å². The van der Waals surface area contributed by atoms with Crippen molar-refractivity contribution < 1.29 is 4.79 Å². The van der Waals surface area contributed by atoms with Gasteiger partial charge in [0.05, 0.1) is 22.0 Å². The Morgan fingerprint density at radius 3 is 2.48 bits per heavy atom. The topological polar surface area (TPSA) is 95.4 Å². The molecule has 4 aromatic rings. The van der Waals surface area contributed by atoms with Crippen LogP contribution >= 0.6 is 23.1 Å². The average molecular weight is 421 g/mol. The normalized spacial score (nSPS) is 11.0. The van der Waals surface area contributed by atoms with E-state index < -0.39 is 0 Å². The van der Waals surface area contributed by atoms with E-state index in [1.54, 1.807) is 35.6 Å². The summed E-state index contributed by atoms with van der Waals surface area (Å²) in [6.45, 7) is 0. The van der Waals surface area contributed by atoms with Crippen LogP contribution in [0.1, 0.15) is 0 Å². The monoisotopic (exact) mass is 420 g/mol. The van der Waals surface area contributed by atoms with Gasteiger partial charge in [-0.3, -0.25) is 9.89 Å². The van der Waals surface area contributed by atoms with Crippen LogP contribution in [-0.4, -0.2) is 26.8 Å². The van der Waals surface area contributed by atoms with E-state index in [0.717, 1.165) is 10.6 Å². The molecule has 0 fully saturated rings. The lowest BCUT2D eigenvalue weighted by Crippen LogP contribution is -2.13. The third kappa shape index (κ3) is 5.37. The van der Waals surface area contributed by atoms with E-state index in [0.29, 0.717) is 22.4 Å². The first-order valence-electron chi connectivity index (χ1n) is 8.72. The first-order chi connectivity index (χ1) is 14.3. The second-order valence-corrected chi connectivity index (χ2v) is 7.75. The van der Waals surface area contributed by atoms with Crippen molar-refractivity contribution in [3.05, 3.63) is 72.1 Å². The molecule has 0 spiro atoms. The molecule has 0 atom stereocenters. The molecule has 0 aliphatic carbocycles. The van der Waals surface area contributed by atoms with Crippen LogP contribution in [0.2, 0.25) is 0 Å². The van der Waals surface area contributed by atoms with Crippen molar-refractivity contribution in [3.63, 3.8) is 0 Å². The zero-order valence-corrected chi connectivity index (χ0v) is 16.8. The fourth-order valence-corrected chi connectivity index (χ4v) is 3.65. The average Bonchev–Trinajstić information content (AvgIpc) is 3.44. The van der Waals surface area contributed by atoms with Crippen molar-refractivity contribution >= 4 is 46.1 Å². The molecular formula is C20H16N6OS2. The summed E-state index contributed by atoms with van der Waals surface area (Å²) in [7, 11) is 0. The van der Waals surface area contributed by atoms with Crippen molar-refractivity contribution in [2.45, 2.75) is 5.16 Å². The number of carbonyl (C=O) groups is 1. The van der Waals surface area contributed by atoms with Crippen LogP contribution in [0, 0.1) is 0 Å². The Bertz CT molecular complexity index is 1090. The molecule has 2 N–H and O–H groups in total. The summed E-state index contributed by atoms with van der Waals surface area (Å²) < 4.78 is 0. The van der Waals surface area contributed by atoms with Gasteiger partial charge in [0.2, 0.25) is 11.1 Å².